The van der Waals surface area contributed by atoms with Gasteiger partial charge in [-0.2, -0.15) is 0 Å². The molecule has 0 aliphatic heterocycles. The Morgan fingerprint density at radius 2 is 1.77 bits per heavy atom. The molecule has 1 saturated carbocycles. The smallest absolute Gasteiger partial charge is 0.335 e. The zero-order valence-corrected chi connectivity index (χ0v) is 18.6. The number of benzene rings is 2. The van der Waals surface area contributed by atoms with E-state index in [1.54, 1.807) is 24.3 Å². The Bertz CT molecular complexity index is 1060. The van der Waals surface area contributed by atoms with Gasteiger partial charge in [-0.1, -0.05) is 30.9 Å². The maximum atomic E-state index is 11.2. The zero-order chi connectivity index (χ0) is 22.0. The number of halogens is 1. The van der Waals surface area contributed by atoms with Crippen LogP contribution in [0, 0.1) is 19.8 Å². The predicted molar refractivity (Wildman–Crippen MR) is 122 cm³/mol. The quantitative estimate of drug-likeness (QED) is 0.430. The van der Waals surface area contributed by atoms with E-state index < -0.39 is 5.97 Å². The minimum absolute atomic E-state index is 0.138. The van der Waals surface area contributed by atoms with E-state index >= 15 is 0 Å². The van der Waals surface area contributed by atoms with Crippen molar-refractivity contribution < 1.29 is 19.1 Å². The summed E-state index contributed by atoms with van der Waals surface area (Å²) in [6, 6.07) is 14.5. The molecule has 31 heavy (non-hydrogen) atoms. The fourth-order valence-electron chi connectivity index (χ4n) is 4.49. The van der Waals surface area contributed by atoms with Gasteiger partial charge in [0.15, 0.2) is 0 Å². The van der Waals surface area contributed by atoms with Crippen LogP contribution in [0.25, 0.3) is 11.3 Å². The van der Waals surface area contributed by atoms with Gasteiger partial charge < -0.3 is 14.3 Å². The van der Waals surface area contributed by atoms with E-state index in [1.807, 2.05) is 32.0 Å². The molecule has 0 radical (unpaired) electrons. The van der Waals surface area contributed by atoms with E-state index in [2.05, 4.69) is 6.07 Å². The van der Waals surface area contributed by atoms with Crippen LogP contribution >= 0.6 is 11.6 Å². The molecule has 1 unspecified atom stereocenters. The third-order valence-corrected chi connectivity index (χ3v) is 6.39. The second-order valence-corrected chi connectivity index (χ2v) is 8.78. The fourth-order valence-corrected chi connectivity index (χ4v) is 4.71. The van der Waals surface area contributed by atoms with E-state index in [-0.39, 0.29) is 11.7 Å². The van der Waals surface area contributed by atoms with Gasteiger partial charge in [0.25, 0.3) is 0 Å². The zero-order valence-electron chi connectivity index (χ0n) is 17.9. The van der Waals surface area contributed by atoms with Gasteiger partial charge >= 0.3 is 5.97 Å². The Balaban J connectivity index is 1.68. The number of aryl methyl sites for hydroxylation is 2. The molecule has 0 bridgehead atoms. The van der Waals surface area contributed by atoms with Crippen LogP contribution in [-0.4, -0.2) is 11.1 Å². The minimum Gasteiger partial charge on any atom is -0.485 e. The second kappa shape index (κ2) is 9.19. The van der Waals surface area contributed by atoms with Crippen molar-refractivity contribution in [2.45, 2.75) is 52.1 Å². The second-order valence-electron chi connectivity index (χ2n) is 8.35. The average Bonchev–Trinajstić information content (AvgIpc) is 3.14. The molecule has 0 spiro atoms. The van der Waals surface area contributed by atoms with Crippen molar-refractivity contribution in [2.24, 2.45) is 5.92 Å². The molecule has 0 saturated heterocycles. The lowest BCUT2D eigenvalue weighted by molar-refractivity contribution is 0.0696. The molecule has 3 aromatic rings. The van der Waals surface area contributed by atoms with E-state index in [9.17, 15) is 4.79 Å². The number of carboxylic acid groups (broad SMARTS) is 1. The number of aromatic carboxylic acids is 1. The van der Waals surface area contributed by atoms with Crippen LogP contribution in [0.1, 0.15) is 65.5 Å². The van der Waals surface area contributed by atoms with Crippen molar-refractivity contribution in [3.05, 3.63) is 76.0 Å². The van der Waals surface area contributed by atoms with Crippen molar-refractivity contribution in [3.8, 4) is 17.1 Å². The number of carboxylic acids is 1. The topological polar surface area (TPSA) is 59.7 Å². The lowest BCUT2D eigenvalue weighted by Crippen LogP contribution is -2.21. The summed E-state index contributed by atoms with van der Waals surface area (Å²) in [5.41, 5.74) is 3.39. The van der Waals surface area contributed by atoms with Gasteiger partial charge in [-0.25, -0.2) is 4.79 Å². The van der Waals surface area contributed by atoms with Gasteiger partial charge in [-0.3, -0.25) is 0 Å². The number of carbonyl (C=O) groups is 1. The summed E-state index contributed by atoms with van der Waals surface area (Å²) < 4.78 is 12.7. The minimum atomic E-state index is -0.941. The molecule has 5 heteroatoms. The molecule has 1 aliphatic rings. The molecular weight excluding hydrogens is 412 g/mol. The maximum absolute atomic E-state index is 11.2. The Kier molecular flexibility index (Phi) is 6.38. The third-order valence-electron chi connectivity index (χ3n) is 6.16. The largest absolute Gasteiger partial charge is 0.485 e. The lowest BCUT2D eigenvalue weighted by atomic mass is 9.82. The predicted octanol–water partition coefficient (Wildman–Crippen LogP) is 7.62. The van der Waals surface area contributed by atoms with Crippen molar-refractivity contribution in [1.82, 2.24) is 0 Å². The van der Waals surface area contributed by atoms with Gasteiger partial charge in [0, 0.05) is 22.1 Å². The highest BCUT2D eigenvalue weighted by Gasteiger charge is 2.30. The number of ether oxygens (including phenoxy) is 1. The lowest BCUT2D eigenvalue weighted by Gasteiger charge is -2.30. The molecule has 1 atom stereocenters. The molecule has 1 aliphatic carbocycles. The van der Waals surface area contributed by atoms with Gasteiger partial charge in [0.1, 0.15) is 23.4 Å². The van der Waals surface area contributed by atoms with Gasteiger partial charge in [-0.05, 0) is 80.8 Å². The average molecular weight is 439 g/mol. The van der Waals surface area contributed by atoms with Crippen LogP contribution in [0.15, 0.2) is 52.9 Å². The van der Waals surface area contributed by atoms with Crippen LogP contribution in [-0.2, 0) is 0 Å². The first-order valence-electron chi connectivity index (χ1n) is 10.8. The van der Waals surface area contributed by atoms with Gasteiger partial charge in [0.2, 0.25) is 0 Å². The monoisotopic (exact) mass is 438 g/mol. The Morgan fingerprint density at radius 3 is 2.42 bits per heavy atom. The van der Waals surface area contributed by atoms with E-state index in [0.29, 0.717) is 16.7 Å². The maximum Gasteiger partial charge on any atom is 0.335 e. The van der Waals surface area contributed by atoms with Crippen LogP contribution < -0.4 is 4.74 Å². The third kappa shape index (κ3) is 4.80. The SMILES string of the molecule is Cc1cc(Cl)ccc1-c1cc(C(Oc2ccc(C(=O)O)cc2)C2CCCCC2)c(C)o1. The number of rotatable bonds is 6. The molecule has 1 heterocycles. The van der Waals surface area contributed by atoms with Crippen molar-refractivity contribution in [2.75, 3.05) is 0 Å². The normalized spacial score (nSPS) is 15.6. The highest BCUT2D eigenvalue weighted by molar-refractivity contribution is 6.30. The molecule has 4 rings (SSSR count). The fraction of sp³-hybridized carbons (Fsp3) is 0.346. The molecule has 4 nitrogen and oxygen atoms in total. The van der Waals surface area contributed by atoms with Crippen molar-refractivity contribution >= 4 is 17.6 Å². The number of hydrogen-bond acceptors (Lipinski definition) is 3. The first-order valence-corrected chi connectivity index (χ1v) is 11.2. The highest BCUT2D eigenvalue weighted by atomic mass is 35.5. The van der Waals surface area contributed by atoms with Crippen molar-refractivity contribution in [1.29, 1.82) is 0 Å². The summed E-state index contributed by atoms with van der Waals surface area (Å²) in [5.74, 6) is 1.78. The standard InChI is InChI=1S/C26H27ClO4/c1-16-14-20(27)10-13-22(16)24-15-23(17(2)30-24)25(18-6-4-3-5-7-18)31-21-11-8-19(9-12-21)26(28)29/h8-15,18,25H,3-7H2,1-2H3,(H,28,29). The van der Waals surface area contributed by atoms with Gasteiger partial charge in [0.05, 0.1) is 5.56 Å². The Labute approximate surface area is 187 Å². The summed E-state index contributed by atoms with van der Waals surface area (Å²) in [6.45, 7) is 4.01. The van der Waals surface area contributed by atoms with Crippen LogP contribution in [0.4, 0.5) is 0 Å². The molecule has 2 aromatic carbocycles. The number of hydrogen-bond donors (Lipinski definition) is 1. The molecular formula is C26H27ClO4. The summed E-state index contributed by atoms with van der Waals surface area (Å²) in [5, 5.41) is 9.87. The molecule has 162 valence electrons. The van der Waals surface area contributed by atoms with Crippen LogP contribution in [0.3, 0.4) is 0 Å². The molecule has 1 fully saturated rings. The van der Waals surface area contributed by atoms with E-state index in [4.69, 9.17) is 25.9 Å². The molecule has 1 N–H and O–H groups in total. The summed E-state index contributed by atoms with van der Waals surface area (Å²) in [6.07, 6.45) is 5.73. The van der Waals surface area contributed by atoms with Crippen molar-refractivity contribution in [3.63, 3.8) is 0 Å². The summed E-state index contributed by atoms with van der Waals surface area (Å²) in [4.78, 5) is 11.2. The summed E-state index contributed by atoms with van der Waals surface area (Å²) >= 11 is 6.13. The molecule has 1 aromatic heterocycles. The first-order chi connectivity index (χ1) is 14.9. The van der Waals surface area contributed by atoms with Crippen LogP contribution in [0.2, 0.25) is 5.02 Å². The highest BCUT2D eigenvalue weighted by Crippen LogP contribution is 2.41. The summed E-state index contributed by atoms with van der Waals surface area (Å²) in [7, 11) is 0. The molecule has 0 amide bonds. The first kappa shape index (κ1) is 21.5. The Hall–Kier alpha value is -2.72. The van der Waals surface area contributed by atoms with Gasteiger partial charge in [-0.15, -0.1) is 0 Å². The van der Waals surface area contributed by atoms with E-state index in [1.165, 1.54) is 19.3 Å². The Morgan fingerprint density at radius 1 is 1.06 bits per heavy atom. The van der Waals surface area contributed by atoms with E-state index in [0.717, 1.165) is 41.1 Å². The van der Waals surface area contributed by atoms with Crippen LogP contribution in [0.5, 0.6) is 5.75 Å². The number of furan rings is 1.